The van der Waals surface area contributed by atoms with E-state index in [4.69, 9.17) is 11.5 Å². The second kappa shape index (κ2) is 4.81. The van der Waals surface area contributed by atoms with Gasteiger partial charge in [0.2, 0.25) is 0 Å². The van der Waals surface area contributed by atoms with E-state index in [-0.39, 0.29) is 17.4 Å². The molecular weight excluding hydrogens is 232 g/mol. The van der Waals surface area contributed by atoms with Crippen LogP contribution in [0.4, 0.5) is 17.1 Å². The number of piperidine rings is 1. The Morgan fingerprint density at radius 3 is 2.78 bits per heavy atom. The molecule has 1 fully saturated rings. The summed E-state index contributed by atoms with van der Waals surface area (Å²) in [5.74, 6) is 0.412. The number of nitro groups is 1. The molecule has 0 amide bonds. The van der Waals surface area contributed by atoms with Gasteiger partial charge in [-0.25, -0.2) is 0 Å². The fourth-order valence-electron chi connectivity index (χ4n) is 2.30. The Hall–Kier alpha value is -1.82. The fourth-order valence-corrected chi connectivity index (χ4v) is 2.30. The third-order valence-corrected chi connectivity index (χ3v) is 3.54. The Bertz CT molecular complexity index is 463. The van der Waals surface area contributed by atoms with Crippen molar-refractivity contribution >= 4 is 17.1 Å². The average Bonchev–Trinajstić information content (AvgIpc) is 2.32. The van der Waals surface area contributed by atoms with E-state index in [9.17, 15) is 10.1 Å². The fraction of sp³-hybridized carbons (Fsp3) is 0.500. The van der Waals surface area contributed by atoms with Gasteiger partial charge in [-0.05, 0) is 24.5 Å². The molecule has 18 heavy (non-hydrogen) atoms. The summed E-state index contributed by atoms with van der Waals surface area (Å²) in [4.78, 5) is 12.4. The van der Waals surface area contributed by atoms with Gasteiger partial charge >= 0.3 is 0 Å². The molecule has 0 saturated carbocycles. The second-order valence-corrected chi connectivity index (χ2v) is 4.88. The lowest BCUT2D eigenvalue weighted by molar-refractivity contribution is -0.383. The SMILES string of the molecule is CC1CN(c2ccc([N+](=O)[O-])c(N)c2)CCC1N. The molecule has 0 bridgehead atoms. The van der Waals surface area contributed by atoms with Gasteiger partial charge in [0.05, 0.1) is 4.92 Å². The lowest BCUT2D eigenvalue weighted by Gasteiger charge is -2.36. The van der Waals surface area contributed by atoms with Crippen molar-refractivity contribution in [2.45, 2.75) is 19.4 Å². The molecule has 1 heterocycles. The van der Waals surface area contributed by atoms with Gasteiger partial charge in [0.25, 0.3) is 5.69 Å². The molecule has 1 aromatic rings. The summed E-state index contributed by atoms with van der Waals surface area (Å²) in [7, 11) is 0. The van der Waals surface area contributed by atoms with Crippen molar-refractivity contribution in [3.05, 3.63) is 28.3 Å². The first kappa shape index (κ1) is 12.6. The van der Waals surface area contributed by atoms with E-state index in [0.717, 1.165) is 25.2 Å². The van der Waals surface area contributed by atoms with Crippen LogP contribution in [0.25, 0.3) is 0 Å². The third-order valence-electron chi connectivity index (χ3n) is 3.54. The van der Waals surface area contributed by atoms with Crippen LogP contribution in [0.5, 0.6) is 0 Å². The monoisotopic (exact) mass is 250 g/mol. The van der Waals surface area contributed by atoms with Crippen LogP contribution >= 0.6 is 0 Å². The number of rotatable bonds is 2. The normalized spacial score (nSPS) is 24.0. The van der Waals surface area contributed by atoms with E-state index in [0.29, 0.717) is 5.92 Å². The number of hydrogen-bond acceptors (Lipinski definition) is 5. The van der Waals surface area contributed by atoms with Crippen molar-refractivity contribution in [2.24, 2.45) is 11.7 Å². The van der Waals surface area contributed by atoms with E-state index < -0.39 is 4.92 Å². The molecule has 0 radical (unpaired) electrons. The minimum Gasteiger partial charge on any atom is -0.393 e. The van der Waals surface area contributed by atoms with Crippen molar-refractivity contribution < 1.29 is 4.92 Å². The first-order valence-electron chi connectivity index (χ1n) is 6.03. The zero-order valence-corrected chi connectivity index (χ0v) is 10.4. The summed E-state index contributed by atoms with van der Waals surface area (Å²) in [5, 5.41) is 10.7. The van der Waals surface area contributed by atoms with Crippen molar-refractivity contribution in [1.82, 2.24) is 0 Å². The third kappa shape index (κ3) is 2.38. The molecule has 1 saturated heterocycles. The highest BCUT2D eigenvalue weighted by molar-refractivity contribution is 5.66. The maximum atomic E-state index is 10.7. The summed E-state index contributed by atoms with van der Waals surface area (Å²) in [6.45, 7) is 3.84. The molecule has 6 heteroatoms. The average molecular weight is 250 g/mol. The van der Waals surface area contributed by atoms with Crippen LogP contribution in [-0.2, 0) is 0 Å². The highest BCUT2D eigenvalue weighted by atomic mass is 16.6. The zero-order valence-electron chi connectivity index (χ0n) is 10.4. The topological polar surface area (TPSA) is 98.4 Å². The predicted molar refractivity (Wildman–Crippen MR) is 71.5 cm³/mol. The van der Waals surface area contributed by atoms with Crippen molar-refractivity contribution in [1.29, 1.82) is 0 Å². The number of anilines is 2. The number of hydrogen-bond donors (Lipinski definition) is 2. The number of nitro benzene ring substituents is 1. The number of nitrogens with zero attached hydrogens (tertiary/aromatic N) is 2. The Kier molecular flexibility index (Phi) is 3.38. The van der Waals surface area contributed by atoms with Crippen LogP contribution in [0, 0.1) is 16.0 Å². The summed E-state index contributed by atoms with van der Waals surface area (Å²) >= 11 is 0. The summed E-state index contributed by atoms with van der Waals surface area (Å²) in [6.07, 6.45) is 0.929. The van der Waals surface area contributed by atoms with Crippen molar-refractivity contribution in [3.63, 3.8) is 0 Å². The highest BCUT2D eigenvalue weighted by Gasteiger charge is 2.24. The zero-order chi connectivity index (χ0) is 13.3. The van der Waals surface area contributed by atoms with E-state index in [1.165, 1.54) is 6.07 Å². The molecule has 4 N–H and O–H groups in total. The molecule has 2 rings (SSSR count). The minimum absolute atomic E-state index is 0.0412. The van der Waals surface area contributed by atoms with E-state index in [2.05, 4.69) is 11.8 Å². The second-order valence-electron chi connectivity index (χ2n) is 4.88. The van der Waals surface area contributed by atoms with E-state index in [1.54, 1.807) is 12.1 Å². The van der Waals surface area contributed by atoms with Crippen LogP contribution in [0.3, 0.4) is 0 Å². The Morgan fingerprint density at radius 1 is 1.50 bits per heavy atom. The van der Waals surface area contributed by atoms with Crippen molar-refractivity contribution in [2.75, 3.05) is 23.7 Å². The predicted octanol–water partition coefficient (Wildman–Crippen LogP) is 1.35. The largest absolute Gasteiger partial charge is 0.393 e. The van der Waals surface area contributed by atoms with Gasteiger partial charge in [0.15, 0.2) is 0 Å². The molecule has 1 aliphatic rings. The summed E-state index contributed by atoms with van der Waals surface area (Å²) in [5.41, 5.74) is 12.8. The maximum absolute atomic E-state index is 10.7. The van der Waals surface area contributed by atoms with Gasteiger partial charge in [0.1, 0.15) is 5.69 Å². The van der Waals surface area contributed by atoms with E-state index >= 15 is 0 Å². The van der Waals surface area contributed by atoms with Gasteiger partial charge in [-0.1, -0.05) is 6.92 Å². The molecule has 2 unspecified atom stereocenters. The van der Waals surface area contributed by atoms with E-state index in [1.807, 2.05) is 0 Å². The number of nitrogen functional groups attached to an aromatic ring is 1. The quantitative estimate of drug-likeness (QED) is 0.469. The Balaban J connectivity index is 2.19. The molecule has 98 valence electrons. The van der Waals surface area contributed by atoms with Gasteiger partial charge in [0, 0.05) is 30.9 Å². The molecule has 1 aromatic carbocycles. The highest BCUT2D eigenvalue weighted by Crippen LogP contribution is 2.29. The van der Waals surface area contributed by atoms with Gasteiger partial charge < -0.3 is 16.4 Å². The maximum Gasteiger partial charge on any atom is 0.292 e. The smallest absolute Gasteiger partial charge is 0.292 e. The molecular formula is C12H18N4O2. The van der Waals surface area contributed by atoms with Gasteiger partial charge in [-0.15, -0.1) is 0 Å². The molecule has 2 atom stereocenters. The number of benzene rings is 1. The molecule has 0 spiro atoms. The van der Waals surface area contributed by atoms with Gasteiger partial charge in [-0.2, -0.15) is 0 Å². The van der Waals surface area contributed by atoms with Crippen molar-refractivity contribution in [3.8, 4) is 0 Å². The first-order chi connectivity index (χ1) is 8.49. The first-order valence-corrected chi connectivity index (χ1v) is 6.03. The Morgan fingerprint density at radius 2 is 2.22 bits per heavy atom. The van der Waals surface area contributed by atoms with Gasteiger partial charge in [-0.3, -0.25) is 10.1 Å². The summed E-state index contributed by atoms with van der Waals surface area (Å²) < 4.78 is 0. The lowest BCUT2D eigenvalue weighted by atomic mass is 9.94. The standard InChI is InChI=1S/C12H18N4O2/c1-8-7-15(5-4-10(8)13)9-2-3-12(16(17)18)11(14)6-9/h2-3,6,8,10H,4-5,7,13-14H2,1H3. The van der Waals surface area contributed by atoms with Crippen LogP contribution in [0.15, 0.2) is 18.2 Å². The molecule has 0 aliphatic carbocycles. The molecule has 6 nitrogen and oxygen atoms in total. The van der Waals surface area contributed by atoms with Crippen LogP contribution in [-0.4, -0.2) is 24.1 Å². The molecule has 1 aliphatic heterocycles. The van der Waals surface area contributed by atoms with Crippen LogP contribution < -0.4 is 16.4 Å². The van der Waals surface area contributed by atoms with Crippen LogP contribution in [0.1, 0.15) is 13.3 Å². The summed E-state index contributed by atoms with van der Waals surface area (Å²) in [6, 6.07) is 5.11. The Labute approximate surface area is 106 Å². The lowest BCUT2D eigenvalue weighted by Crippen LogP contribution is -2.45. The number of nitrogens with two attached hydrogens (primary N) is 2. The van der Waals surface area contributed by atoms with Crippen LogP contribution in [0.2, 0.25) is 0 Å². The minimum atomic E-state index is -0.464. The molecule has 0 aromatic heterocycles.